The summed E-state index contributed by atoms with van der Waals surface area (Å²) in [5.41, 5.74) is 3.86. The number of rotatable bonds is 5. The number of aryl methyl sites for hydroxylation is 2. The maximum atomic E-state index is 12.4. The number of anilines is 1. The van der Waals surface area contributed by atoms with Crippen LogP contribution in [0.3, 0.4) is 0 Å². The van der Waals surface area contributed by atoms with E-state index in [1.165, 1.54) is 0 Å². The zero-order valence-corrected chi connectivity index (χ0v) is 14.2. The van der Waals surface area contributed by atoms with Crippen molar-refractivity contribution in [2.24, 2.45) is 0 Å². The number of hydrogen-bond donors (Lipinski definition) is 1. The van der Waals surface area contributed by atoms with Gasteiger partial charge in [0.05, 0.1) is 24.6 Å². The van der Waals surface area contributed by atoms with Crippen molar-refractivity contribution >= 4 is 22.9 Å². The number of ether oxygens (including phenoxy) is 1. The Bertz CT molecular complexity index is 883. The molecule has 1 amide bonds. The summed E-state index contributed by atoms with van der Waals surface area (Å²) in [6, 6.07) is 13.7. The average Bonchev–Trinajstić information content (AvgIpc) is 2.93. The maximum absolute atomic E-state index is 12.4. The summed E-state index contributed by atoms with van der Waals surface area (Å²) < 4.78 is 7.32. The van der Waals surface area contributed by atoms with Crippen LogP contribution in [0.2, 0.25) is 0 Å². The van der Waals surface area contributed by atoms with Crippen molar-refractivity contribution in [2.45, 2.75) is 26.8 Å². The van der Waals surface area contributed by atoms with Gasteiger partial charge in [0.15, 0.2) is 0 Å². The fourth-order valence-electron chi connectivity index (χ4n) is 2.82. The summed E-state index contributed by atoms with van der Waals surface area (Å²) >= 11 is 0. The fraction of sp³-hybridized carbons (Fsp3) is 0.263. The van der Waals surface area contributed by atoms with Gasteiger partial charge in [0, 0.05) is 6.54 Å². The number of fused-ring (bicyclic) bond motifs is 1. The van der Waals surface area contributed by atoms with E-state index in [2.05, 4.69) is 10.3 Å². The molecule has 1 N–H and O–H groups in total. The first-order valence-corrected chi connectivity index (χ1v) is 8.01. The Hall–Kier alpha value is -2.82. The lowest BCUT2D eigenvalue weighted by molar-refractivity contribution is -0.115. The highest BCUT2D eigenvalue weighted by Crippen LogP contribution is 2.21. The van der Waals surface area contributed by atoms with Gasteiger partial charge in [0.2, 0.25) is 11.9 Å². The highest BCUT2D eigenvalue weighted by Gasteiger charge is 2.13. The Morgan fingerprint density at radius 2 is 2.04 bits per heavy atom. The van der Waals surface area contributed by atoms with Crippen molar-refractivity contribution in [1.82, 2.24) is 9.55 Å². The number of methoxy groups -OCH3 is 1. The van der Waals surface area contributed by atoms with Crippen molar-refractivity contribution in [3.8, 4) is 5.75 Å². The number of imidazole rings is 1. The number of carbonyl (C=O) groups is 1. The van der Waals surface area contributed by atoms with E-state index in [4.69, 9.17) is 4.74 Å². The molecule has 0 aliphatic heterocycles. The Balaban J connectivity index is 1.80. The average molecular weight is 323 g/mol. The molecule has 0 spiro atoms. The van der Waals surface area contributed by atoms with Crippen LogP contribution in [0.4, 0.5) is 5.95 Å². The van der Waals surface area contributed by atoms with Crippen molar-refractivity contribution < 1.29 is 9.53 Å². The molecule has 2 aromatic carbocycles. The third-order valence-corrected chi connectivity index (χ3v) is 4.06. The topological polar surface area (TPSA) is 56.2 Å². The number of benzene rings is 2. The fourth-order valence-corrected chi connectivity index (χ4v) is 2.82. The van der Waals surface area contributed by atoms with Gasteiger partial charge >= 0.3 is 0 Å². The molecule has 124 valence electrons. The standard InChI is InChI=1S/C19H21N3O2/c1-4-22-16-8-6-5-7-15(16)20-19(22)21-18(23)12-14-10-9-13(2)17(11-14)24-3/h5-11H,4,12H2,1-3H3,(H,20,21,23). The van der Waals surface area contributed by atoms with Crippen LogP contribution in [-0.4, -0.2) is 22.6 Å². The summed E-state index contributed by atoms with van der Waals surface area (Å²) in [4.78, 5) is 16.9. The number of amides is 1. The van der Waals surface area contributed by atoms with E-state index in [1.54, 1.807) is 7.11 Å². The smallest absolute Gasteiger partial charge is 0.231 e. The van der Waals surface area contributed by atoms with Crippen LogP contribution in [0.25, 0.3) is 11.0 Å². The van der Waals surface area contributed by atoms with E-state index in [0.29, 0.717) is 5.95 Å². The van der Waals surface area contributed by atoms with Gasteiger partial charge in [0.1, 0.15) is 5.75 Å². The first-order chi connectivity index (χ1) is 11.6. The lowest BCUT2D eigenvalue weighted by Gasteiger charge is -2.09. The van der Waals surface area contributed by atoms with Gasteiger partial charge in [-0.15, -0.1) is 0 Å². The highest BCUT2D eigenvalue weighted by atomic mass is 16.5. The summed E-state index contributed by atoms with van der Waals surface area (Å²) in [6.45, 7) is 4.76. The molecule has 0 atom stereocenters. The molecule has 0 fully saturated rings. The first kappa shape index (κ1) is 16.1. The van der Waals surface area contributed by atoms with Crippen LogP contribution < -0.4 is 10.1 Å². The van der Waals surface area contributed by atoms with Crippen molar-refractivity contribution in [1.29, 1.82) is 0 Å². The molecule has 5 nitrogen and oxygen atoms in total. The van der Waals surface area contributed by atoms with E-state index in [-0.39, 0.29) is 12.3 Å². The predicted octanol–water partition coefficient (Wildman–Crippen LogP) is 3.55. The van der Waals surface area contributed by atoms with Gasteiger partial charge in [-0.3, -0.25) is 10.1 Å². The second-order valence-corrected chi connectivity index (χ2v) is 5.70. The Labute approximate surface area is 141 Å². The van der Waals surface area contributed by atoms with Crippen LogP contribution in [0.15, 0.2) is 42.5 Å². The van der Waals surface area contributed by atoms with Gasteiger partial charge in [-0.1, -0.05) is 24.3 Å². The Kier molecular flexibility index (Phi) is 4.51. The third-order valence-electron chi connectivity index (χ3n) is 4.06. The first-order valence-electron chi connectivity index (χ1n) is 8.01. The monoisotopic (exact) mass is 323 g/mol. The predicted molar refractivity (Wildman–Crippen MR) is 95.5 cm³/mol. The maximum Gasteiger partial charge on any atom is 0.231 e. The number of aromatic nitrogens is 2. The molecule has 1 aromatic heterocycles. The Morgan fingerprint density at radius 3 is 2.79 bits per heavy atom. The molecule has 3 rings (SSSR count). The lowest BCUT2D eigenvalue weighted by Crippen LogP contribution is -2.17. The van der Waals surface area contributed by atoms with E-state index in [1.807, 2.05) is 60.9 Å². The number of hydrogen-bond acceptors (Lipinski definition) is 3. The largest absolute Gasteiger partial charge is 0.496 e. The van der Waals surface area contributed by atoms with E-state index in [0.717, 1.165) is 34.5 Å². The van der Waals surface area contributed by atoms with Crippen molar-refractivity contribution in [2.75, 3.05) is 12.4 Å². The molecule has 1 heterocycles. The summed E-state index contributed by atoms with van der Waals surface area (Å²) in [7, 11) is 1.63. The van der Waals surface area contributed by atoms with Crippen LogP contribution in [0.5, 0.6) is 5.75 Å². The van der Waals surface area contributed by atoms with E-state index in [9.17, 15) is 4.79 Å². The molecule has 0 saturated heterocycles. The number of nitrogens with zero attached hydrogens (tertiary/aromatic N) is 2. The quantitative estimate of drug-likeness (QED) is 0.781. The zero-order valence-electron chi connectivity index (χ0n) is 14.2. The van der Waals surface area contributed by atoms with Crippen LogP contribution in [-0.2, 0) is 17.8 Å². The molecule has 0 radical (unpaired) electrons. The Morgan fingerprint density at radius 1 is 1.25 bits per heavy atom. The molecular weight excluding hydrogens is 302 g/mol. The zero-order chi connectivity index (χ0) is 17.1. The van der Waals surface area contributed by atoms with E-state index >= 15 is 0 Å². The van der Waals surface area contributed by atoms with Gasteiger partial charge in [0.25, 0.3) is 0 Å². The molecular formula is C19H21N3O2. The van der Waals surface area contributed by atoms with Gasteiger partial charge in [-0.25, -0.2) is 4.98 Å². The normalized spacial score (nSPS) is 10.8. The minimum atomic E-state index is -0.0917. The lowest BCUT2D eigenvalue weighted by atomic mass is 10.1. The van der Waals surface area contributed by atoms with Crippen LogP contribution in [0, 0.1) is 6.92 Å². The summed E-state index contributed by atoms with van der Waals surface area (Å²) in [6.07, 6.45) is 0.281. The van der Waals surface area contributed by atoms with Crippen LogP contribution in [0.1, 0.15) is 18.1 Å². The van der Waals surface area contributed by atoms with Gasteiger partial charge < -0.3 is 9.30 Å². The van der Waals surface area contributed by atoms with Gasteiger partial charge in [-0.2, -0.15) is 0 Å². The summed E-state index contributed by atoms with van der Waals surface area (Å²) in [5.74, 6) is 1.29. The minimum Gasteiger partial charge on any atom is -0.496 e. The molecule has 0 bridgehead atoms. The second-order valence-electron chi connectivity index (χ2n) is 5.70. The molecule has 0 aliphatic rings. The van der Waals surface area contributed by atoms with Crippen molar-refractivity contribution in [3.63, 3.8) is 0 Å². The molecule has 0 saturated carbocycles. The second kappa shape index (κ2) is 6.74. The molecule has 3 aromatic rings. The molecule has 24 heavy (non-hydrogen) atoms. The van der Waals surface area contributed by atoms with Crippen molar-refractivity contribution in [3.05, 3.63) is 53.6 Å². The SMILES string of the molecule is CCn1c(NC(=O)Cc2ccc(C)c(OC)c2)nc2ccccc21. The third kappa shape index (κ3) is 3.11. The highest BCUT2D eigenvalue weighted by molar-refractivity contribution is 5.92. The molecule has 0 aliphatic carbocycles. The van der Waals surface area contributed by atoms with Crippen LogP contribution >= 0.6 is 0 Å². The number of carbonyl (C=O) groups excluding carboxylic acids is 1. The minimum absolute atomic E-state index is 0.0917. The summed E-state index contributed by atoms with van der Waals surface area (Å²) in [5, 5.41) is 2.92. The number of nitrogens with one attached hydrogen (secondary N) is 1. The van der Waals surface area contributed by atoms with E-state index < -0.39 is 0 Å². The van der Waals surface area contributed by atoms with Gasteiger partial charge in [-0.05, 0) is 43.2 Å². The molecule has 5 heteroatoms. The molecule has 0 unspecified atom stereocenters. The number of para-hydroxylation sites is 2.